The number of thioether (sulfide) groups is 3. The standard InChI is InChI=1S/C14H22N2O2S3/c1-14(2,3)11-6-15-13(21-9-12(17)18)16(11)7-10-8-19-4-5-20-10/h6,10H,4-5,7-9H2,1-3H3,(H,17,18). The fourth-order valence-electron chi connectivity index (χ4n) is 2.22. The van der Waals surface area contributed by atoms with E-state index in [2.05, 4.69) is 30.3 Å². The quantitative estimate of drug-likeness (QED) is 0.826. The van der Waals surface area contributed by atoms with Crippen LogP contribution in [0.15, 0.2) is 11.4 Å². The monoisotopic (exact) mass is 346 g/mol. The topological polar surface area (TPSA) is 55.1 Å². The van der Waals surface area contributed by atoms with E-state index in [1.54, 1.807) is 0 Å². The van der Waals surface area contributed by atoms with Gasteiger partial charge in [0.05, 0.1) is 5.75 Å². The lowest BCUT2D eigenvalue weighted by molar-refractivity contribution is -0.133. The summed E-state index contributed by atoms with van der Waals surface area (Å²) in [4.78, 5) is 15.3. The smallest absolute Gasteiger partial charge is 0.313 e. The van der Waals surface area contributed by atoms with Gasteiger partial charge in [0, 0.05) is 46.4 Å². The van der Waals surface area contributed by atoms with Gasteiger partial charge in [-0.15, -0.1) is 0 Å². The van der Waals surface area contributed by atoms with Crippen molar-refractivity contribution >= 4 is 41.3 Å². The highest BCUT2D eigenvalue weighted by atomic mass is 32.2. The molecule has 1 aliphatic heterocycles. The zero-order chi connectivity index (χ0) is 15.5. The fourth-order valence-corrected chi connectivity index (χ4v) is 5.58. The minimum absolute atomic E-state index is 0.0154. The SMILES string of the molecule is CC(C)(C)c1cnc(SCC(=O)O)n1CC1CSCCS1. The summed E-state index contributed by atoms with van der Waals surface area (Å²) in [6, 6.07) is 0. The van der Waals surface area contributed by atoms with Crippen LogP contribution in [0.25, 0.3) is 0 Å². The molecule has 2 heterocycles. The molecule has 118 valence electrons. The molecule has 0 bridgehead atoms. The van der Waals surface area contributed by atoms with E-state index < -0.39 is 5.97 Å². The Balaban J connectivity index is 2.20. The Morgan fingerprint density at radius 3 is 2.86 bits per heavy atom. The van der Waals surface area contributed by atoms with Crippen LogP contribution < -0.4 is 0 Å². The number of imidazole rings is 1. The van der Waals surface area contributed by atoms with Crippen LogP contribution in [-0.4, -0.2) is 48.9 Å². The summed E-state index contributed by atoms with van der Waals surface area (Å²) in [6.07, 6.45) is 1.91. The first kappa shape index (κ1) is 17.1. The lowest BCUT2D eigenvalue weighted by Crippen LogP contribution is -2.25. The molecule has 1 N–H and O–H groups in total. The van der Waals surface area contributed by atoms with Gasteiger partial charge in [-0.25, -0.2) is 4.98 Å². The second-order valence-corrected chi connectivity index (χ2v) is 9.54. The van der Waals surface area contributed by atoms with Crippen molar-refractivity contribution in [1.29, 1.82) is 0 Å². The van der Waals surface area contributed by atoms with Crippen LogP contribution >= 0.6 is 35.3 Å². The van der Waals surface area contributed by atoms with Gasteiger partial charge in [0.15, 0.2) is 5.16 Å². The van der Waals surface area contributed by atoms with Gasteiger partial charge in [-0.3, -0.25) is 4.79 Å². The molecule has 1 aromatic heterocycles. The maximum absolute atomic E-state index is 10.8. The average molecular weight is 347 g/mol. The zero-order valence-corrected chi connectivity index (χ0v) is 15.1. The van der Waals surface area contributed by atoms with Crippen molar-refractivity contribution in [1.82, 2.24) is 9.55 Å². The molecule has 0 aromatic carbocycles. The van der Waals surface area contributed by atoms with Crippen molar-refractivity contribution in [2.24, 2.45) is 0 Å². The number of rotatable bonds is 5. The Morgan fingerprint density at radius 2 is 2.29 bits per heavy atom. The average Bonchev–Trinajstić information content (AvgIpc) is 2.80. The maximum Gasteiger partial charge on any atom is 0.313 e. The van der Waals surface area contributed by atoms with E-state index in [9.17, 15) is 4.79 Å². The first-order valence-corrected chi connectivity index (χ1v) is 10.2. The number of carboxylic acids is 1. The number of nitrogens with zero attached hydrogens (tertiary/aromatic N) is 2. The highest BCUT2D eigenvalue weighted by Crippen LogP contribution is 2.31. The van der Waals surface area contributed by atoms with Crippen molar-refractivity contribution in [2.45, 2.75) is 43.1 Å². The molecule has 1 atom stereocenters. The minimum Gasteiger partial charge on any atom is -0.481 e. The molecule has 0 spiro atoms. The molecule has 0 aliphatic carbocycles. The first-order valence-electron chi connectivity index (χ1n) is 6.98. The normalized spacial score (nSPS) is 19.7. The Hall–Kier alpha value is -0.270. The second-order valence-electron chi connectivity index (χ2n) is 6.04. The van der Waals surface area contributed by atoms with Crippen molar-refractivity contribution in [2.75, 3.05) is 23.0 Å². The lowest BCUT2D eigenvalue weighted by atomic mass is 9.92. The molecule has 0 radical (unpaired) electrons. The zero-order valence-electron chi connectivity index (χ0n) is 12.7. The van der Waals surface area contributed by atoms with Gasteiger partial charge in [0.2, 0.25) is 0 Å². The molecule has 1 aliphatic rings. The van der Waals surface area contributed by atoms with Gasteiger partial charge in [-0.1, -0.05) is 32.5 Å². The van der Waals surface area contributed by atoms with Gasteiger partial charge >= 0.3 is 5.97 Å². The third kappa shape index (κ3) is 4.86. The van der Waals surface area contributed by atoms with E-state index in [0.29, 0.717) is 5.25 Å². The van der Waals surface area contributed by atoms with E-state index in [1.165, 1.54) is 29.0 Å². The summed E-state index contributed by atoms with van der Waals surface area (Å²) < 4.78 is 2.23. The van der Waals surface area contributed by atoms with Crippen LogP contribution in [0.5, 0.6) is 0 Å². The third-order valence-corrected chi connectivity index (χ3v) is 6.99. The van der Waals surface area contributed by atoms with Crippen molar-refractivity contribution < 1.29 is 9.90 Å². The summed E-state index contributed by atoms with van der Waals surface area (Å²) in [5, 5.41) is 10.3. The highest BCUT2D eigenvalue weighted by molar-refractivity contribution is 8.06. The summed E-state index contributed by atoms with van der Waals surface area (Å²) in [5.74, 6) is 2.86. The van der Waals surface area contributed by atoms with Gasteiger partial charge < -0.3 is 9.67 Å². The Labute approximate surface area is 138 Å². The Morgan fingerprint density at radius 1 is 1.52 bits per heavy atom. The van der Waals surface area contributed by atoms with E-state index in [1.807, 2.05) is 29.7 Å². The molecule has 4 nitrogen and oxygen atoms in total. The van der Waals surface area contributed by atoms with E-state index in [-0.39, 0.29) is 11.2 Å². The van der Waals surface area contributed by atoms with Gasteiger partial charge in [-0.2, -0.15) is 23.5 Å². The Kier molecular flexibility index (Phi) is 5.96. The number of aromatic nitrogens is 2. The molecule has 1 fully saturated rings. The first-order chi connectivity index (χ1) is 9.88. The predicted octanol–water partition coefficient (Wildman–Crippen LogP) is 3.21. The molecule has 2 rings (SSSR count). The molecular formula is C14H22N2O2S3. The van der Waals surface area contributed by atoms with Crippen LogP contribution in [0.1, 0.15) is 26.5 Å². The molecule has 21 heavy (non-hydrogen) atoms. The summed E-state index contributed by atoms with van der Waals surface area (Å²) in [7, 11) is 0. The molecular weight excluding hydrogens is 324 g/mol. The Bertz CT molecular complexity index is 491. The van der Waals surface area contributed by atoms with E-state index in [0.717, 1.165) is 17.5 Å². The van der Waals surface area contributed by atoms with Crippen LogP contribution in [0.4, 0.5) is 0 Å². The molecule has 0 amide bonds. The van der Waals surface area contributed by atoms with E-state index in [4.69, 9.17) is 5.11 Å². The van der Waals surface area contributed by atoms with Gasteiger partial charge in [0.25, 0.3) is 0 Å². The van der Waals surface area contributed by atoms with Crippen LogP contribution in [0.3, 0.4) is 0 Å². The van der Waals surface area contributed by atoms with Crippen molar-refractivity contribution in [3.8, 4) is 0 Å². The van der Waals surface area contributed by atoms with Crippen molar-refractivity contribution in [3.63, 3.8) is 0 Å². The van der Waals surface area contributed by atoms with Crippen LogP contribution in [-0.2, 0) is 16.8 Å². The summed E-state index contributed by atoms with van der Waals surface area (Å²) >= 11 is 5.34. The van der Waals surface area contributed by atoms with Crippen LogP contribution in [0, 0.1) is 0 Å². The molecule has 1 unspecified atom stereocenters. The molecule has 7 heteroatoms. The molecule has 1 aromatic rings. The van der Waals surface area contributed by atoms with Crippen molar-refractivity contribution in [3.05, 3.63) is 11.9 Å². The summed E-state index contributed by atoms with van der Waals surface area (Å²) in [6.45, 7) is 7.45. The van der Waals surface area contributed by atoms with Crippen LogP contribution in [0.2, 0.25) is 0 Å². The number of carbonyl (C=O) groups is 1. The van der Waals surface area contributed by atoms with E-state index >= 15 is 0 Å². The largest absolute Gasteiger partial charge is 0.481 e. The maximum atomic E-state index is 10.8. The second kappa shape index (κ2) is 7.33. The number of aliphatic carboxylic acids is 1. The minimum atomic E-state index is -0.797. The number of hydrogen-bond acceptors (Lipinski definition) is 5. The van der Waals surface area contributed by atoms with Gasteiger partial charge in [-0.05, 0) is 0 Å². The number of hydrogen-bond donors (Lipinski definition) is 1. The molecule has 1 saturated heterocycles. The lowest BCUT2D eigenvalue weighted by Gasteiger charge is -2.26. The third-order valence-electron chi connectivity index (χ3n) is 3.18. The number of carboxylic acid groups (broad SMARTS) is 1. The highest BCUT2D eigenvalue weighted by Gasteiger charge is 2.25. The predicted molar refractivity (Wildman–Crippen MR) is 92.9 cm³/mol. The fraction of sp³-hybridized carbons (Fsp3) is 0.714. The van der Waals surface area contributed by atoms with Gasteiger partial charge in [0.1, 0.15) is 0 Å². The summed E-state index contributed by atoms with van der Waals surface area (Å²) in [5.41, 5.74) is 1.20. The molecule has 0 saturated carbocycles.